The van der Waals surface area contributed by atoms with E-state index in [4.69, 9.17) is 9.47 Å². The van der Waals surface area contributed by atoms with Gasteiger partial charge in [-0.3, -0.25) is 0 Å². The largest absolute Gasteiger partial charge is 0.461 e. The Kier molecular flexibility index (Phi) is 3.89. The van der Waals surface area contributed by atoms with Crippen LogP contribution >= 0.6 is 0 Å². The first kappa shape index (κ1) is 14.0. The fraction of sp³-hybridized carbons (Fsp3) is 0.769. The van der Waals surface area contributed by atoms with Crippen LogP contribution in [0.4, 0.5) is 0 Å². The van der Waals surface area contributed by atoms with Gasteiger partial charge in [0.1, 0.15) is 0 Å². The van der Waals surface area contributed by atoms with Gasteiger partial charge >= 0.3 is 5.97 Å². The second kappa shape index (κ2) is 5.28. The van der Waals surface area contributed by atoms with Crippen LogP contribution in [0.15, 0.2) is 0 Å². The van der Waals surface area contributed by atoms with Crippen molar-refractivity contribution in [2.24, 2.45) is 0 Å². The first-order chi connectivity index (χ1) is 8.95. The maximum atomic E-state index is 12.0. The summed E-state index contributed by atoms with van der Waals surface area (Å²) in [5.74, 6) is -0.405. The Bertz CT molecular complexity index is 456. The molecule has 0 radical (unpaired) electrons. The van der Waals surface area contributed by atoms with Crippen molar-refractivity contribution in [2.45, 2.75) is 45.6 Å². The normalized spacial score (nSPS) is 19.7. The number of carbonyl (C=O) groups is 1. The van der Waals surface area contributed by atoms with Gasteiger partial charge in [-0.05, 0) is 13.3 Å². The summed E-state index contributed by atoms with van der Waals surface area (Å²) in [5, 5.41) is 8.18. The molecule has 19 heavy (non-hydrogen) atoms. The van der Waals surface area contributed by atoms with Gasteiger partial charge in [-0.1, -0.05) is 26.0 Å². The molecule has 6 nitrogen and oxygen atoms in total. The Morgan fingerprint density at radius 1 is 1.53 bits per heavy atom. The summed E-state index contributed by atoms with van der Waals surface area (Å²) in [6.45, 7) is 9.59. The predicted molar refractivity (Wildman–Crippen MR) is 69.2 cm³/mol. The molecule has 0 saturated carbocycles. The number of hydrogen-bond acceptors (Lipinski definition) is 5. The minimum absolute atomic E-state index is 0.157. The summed E-state index contributed by atoms with van der Waals surface area (Å²) < 4.78 is 12.3. The van der Waals surface area contributed by atoms with Crippen molar-refractivity contribution in [3.05, 3.63) is 11.4 Å². The van der Waals surface area contributed by atoms with E-state index in [-0.39, 0.29) is 11.5 Å². The molecule has 1 aliphatic heterocycles. The van der Waals surface area contributed by atoms with E-state index < -0.39 is 5.97 Å². The Morgan fingerprint density at radius 2 is 2.26 bits per heavy atom. The van der Waals surface area contributed by atoms with Crippen LogP contribution < -0.4 is 0 Å². The fourth-order valence-corrected chi connectivity index (χ4v) is 2.30. The van der Waals surface area contributed by atoms with Crippen LogP contribution in [0.25, 0.3) is 0 Å². The quantitative estimate of drug-likeness (QED) is 0.780. The van der Waals surface area contributed by atoms with Crippen molar-refractivity contribution in [3.8, 4) is 0 Å². The number of esters is 1. The van der Waals surface area contributed by atoms with Gasteiger partial charge in [-0.25, -0.2) is 9.48 Å². The number of rotatable bonds is 3. The van der Waals surface area contributed by atoms with Gasteiger partial charge in [0.2, 0.25) is 0 Å². The molecular weight excluding hydrogens is 246 g/mol. The molecule has 1 aliphatic rings. The zero-order valence-corrected chi connectivity index (χ0v) is 12.0. The first-order valence-corrected chi connectivity index (χ1v) is 6.65. The molecule has 6 heteroatoms. The molecule has 0 N–H and O–H groups in total. The zero-order valence-electron chi connectivity index (χ0n) is 12.0. The van der Waals surface area contributed by atoms with Crippen LogP contribution in [0.1, 0.15) is 56.3 Å². The fourth-order valence-electron chi connectivity index (χ4n) is 2.30. The summed E-state index contributed by atoms with van der Waals surface area (Å²) in [4.78, 5) is 12.0. The molecule has 1 saturated heterocycles. The second-order valence-electron chi connectivity index (χ2n) is 5.72. The van der Waals surface area contributed by atoms with Gasteiger partial charge in [0.15, 0.2) is 5.69 Å². The lowest BCUT2D eigenvalue weighted by Crippen LogP contribution is -2.25. The topological polar surface area (TPSA) is 66.2 Å². The molecule has 2 heterocycles. The lowest BCUT2D eigenvalue weighted by Gasteiger charge is -2.23. The average Bonchev–Trinajstić information content (AvgIpc) is 2.97. The standard InChI is InChI=1S/C13H21N3O3/c1-5-19-12(17)10-11(13(2,3)4)16(15-14-10)9-6-7-18-8-9/h9H,5-8H2,1-4H3. The molecule has 2 rings (SSSR count). The third-order valence-electron chi connectivity index (χ3n) is 3.13. The molecule has 0 spiro atoms. The van der Waals surface area contributed by atoms with Gasteiger partial charge in [-0.2, -0.15) is 0 Å². The molecule has 106 valence electrons. The molecule has 0 aromatic carbocycles. The smallest absolute Gasteiger partial charge is 0.360 e. The average molecular weight is 267 g/mol. The lowest BCUT2D eigenvalue weighted by atomic mass is 9.90. The lowest BCUT2D eigenvalue weighted by molar-refractivity contribution is 0.0516. The first-order valence-electron chi connectivity index (χ1n) is 6.65. The monoisotopic (exact) mass is 267 g/mol. The van der Waals surface area contributed by atoms with Crippen molar-refractivity contribution in [3.63, 3.8) is 0 Å². The molecule has 1 aromatic rings. The number of nitrogens with zero attached hydrogens (tertiary/aromatic N) is 3. The molecule has 1 aromatic heterocycles. The summed E-state index contributed by atoms with van der Waals surface area (Å²) in [5.41, 5.74) is 0.913. The van der Waals surface area contributed by atoms with Crippen LogP contribution in [0.3, 0.4) is 0 Å². The van der Waals surface area contributed by atoms with E-state index >= 15 is 0 Å². The maximum Gasteiger partial charge on any atom is 0.360 e. The highest BCUT2D eigenvalue weighted by Crippen LogP contribution is 2.30. The Balaban J connectivity index is 2.42. The minimum atomic E-state index is -0.405. The zero-order chi connectivity index (χ0) is 14.0. The van der Waals surface area contributed by atoms with Gasteiger partial charge < -0.3 is 9.47 Å². The highest BCUT2D eigenvalue weighted by molar-refractivity contribution is 5.88. The van der Waals surface area contributed by atoms with Gasteiger partial charge in [0.05, 0.1) is 24.9 Å². The Hall–Kier alpha value is -1.43. The minimum Gasteiger partial charge on any atom is -0.461 e. The van der Waals surface area contributed by atoms with E-state index in [2.05, 4.69) is 10.3 Å². The maximum absolute atomic E-state index is 12.0. The molecule has 0 aliphatic carbocycles. The molecular formula is C13H21N3O3. The van der Waals surface area contributed by atoms with Crippen LogP contribution in [0, 0.1) is 0 Å². The summed E-state index contributed by atoms with van der Waals surface area (Å²) in [6, 6.07) is 0.157. The van der Waals surface area contributed by atoms with Crippen molar-refractivity contribution >= 4 is 5.97 Å². The number of hydrogen-bond donors (Lipinski definition) is 0. The summed E-state index contributed by atoms with van der Waals surface area (Å²) >= 11 is 0. The summed E-state index contributed by atoms with van der Waals surface area (Å²) in [7, 11) is 0. The Morgan fingerprint density at radius 3 is 2.79 bits per heavy atom. The van der Waals surface area contributed by atoms with Crippen molar-refractivity contribution in [2.75, 3.05) is 19.8 Å². The highest BCUT2D eigenvalue weighted by atomic mass is 16.5. The van der Waals surface area contributed by atoms with Crippen LogP contribution in [-0.4, -0.2) is 40.8 Å². The second-order valence-corrected chi connectivity index (χ2v) is 5.72. The van der Waals surface area contributed by atoms with Crippen molar-refractivity contribution < 1.29 is 14.3 Å². The number of ether oxygens (including phenoxy) is 2. The van der Waals surface area contributed by atoms with Gasteiger partial charge in [-0.15, -0.1) is 5.10 Å². The van der Waals surface area contributed by atoms with Crippen LogP contribution in [-0.2, 0) is 14.9 Å². The van der Waals surface area contributed by atoms with Gasteiger partial charge in [0.25, 0.3) is 0 Å². The van der Waals surface area contributed by atoms with E-state index in [1.807, 2.05) is 25.5 Å². The van der Waals surface area contributed by atoms with Crippen LogP contribution in [0.5, 0.6) is 0 Å². The van der Waals surface area contributed by atoms with E-state index in [9.17, 15) is 4.79 Å². The van der Waals surface area contributed by atoms with Crippen molar-refractivity contribution in [1.82, 2.24) is 15.0 Å². The van der Waals surface area contributed by atoms with Crippen LogP contribution in [0.2, 0.25) is 0 Å². The molecule has 1 atom stereocenters. The third kappa shape index (κ3) is 2.78. The number of carbonyl (C=O) groups excluding carboxylic acids is 1. The highest BCUT2D eigenvalue weighted by Gasteiger charge is 2.33. The van der Waals surface area contributed by atoms with E-state index in [0.29, 0.717) is 18.9 Å². The van der Waals surface area contributed by atoms with Gasteiger partial charge in [0, 0.05) is 12.0 Å². The number of aromatic nitrogens is 3. The SMILES string of the molecule is CCOC(=O)c1nnn(C2CCOC2)c1C(C)(C)C. The molecule has 0 bridgehead atoms. The molecule has 1 fully saturated rings. The molecule has 1 unspecified atom stereocenters. The Labute approximate surface area is 113 Å². The molecule has 0 amide bonds. The summed E-state index contributed by atoms with van der Waals surface area (Å²) in [6.07, 6.45) is 0.898. The van der Waals surface area contributed by atoms with E-state index in [0.717, 1.165) is 18.7 Å². The van der Waals surface area contributed by atoms with E-state index in [1.54, 1.807) is 6.92 Å². The third-order valence-corrected chi connectivity index (χ3v) is 3.13. The predicted octanol–water partition coefficient (Wildman–Crippen LogP) is 1.71. The van der Waals surface area contributed by atoms with Crippen molar-refractivity contribution in [1.29, 1.82) is 0 Å². The van der Waals surface area contributed by atoms with E-state index in [1.165, 1.54) is 0 Å².